The highest BCUT2D eigenvalue weighted by atomic mass is 16.6. The van der Waals surface area contributed by atoms with Crippen molar-refractivity contribution in [3.63, 3.8) is 0 Å². The Morgan fingerprint density at radius 2 is 1.60 bits per heavy atom. The average Bonchev–Trinajstić information content (AvgIpc) is 2.71. The van der Waals surface area contributed by atoms with Crippen LogP contribution in [0.2, 0.25) is 0 Å². The summed E-state index contributed by atoms with van der Waals surface area (Å²) in [5.74, 6) is 2.08. The van der Waals surface area contributed by atoms with Gasteiger partial charge in [-0.1, -0.05) is 0 Å². The molecule has 6 rings (SSSR count). The summed E-state index contributed by atoms with van der Waals surface area (Å²) in [4.78, 5) is 37.0. The average molecular weight is 414 g/mol. The Bertz CT molecular complexity index is 847. The molecule has 0 atom stereocenters. The number of hydrogen-bond donors (Lipinski definition) is 2. The van der Waals surface area contributed by atoms with Crippen molar-refractivity contribution < 1.29 is 28.6 Å². The summed E-state index contributed by atoms with van der Waals surface area (Å²) in [5, 5.41) is 4.77. The molecule has 4 bridgehead atoms. The predicted octanol–water partition coefficient (Wildman–Crippen LogP) is 2.87. The lowest BCUT2D eigenvalue weighted by molar-refractivity contribution is -0.173. The zero-order valence-electron chi connectivity index (χ0n) is 16.8. The number of anilines is 1. The Balaban J connectivity index is 1.11. The molecule has 0 unspecified atom stereocenters. The van der Waals surface area contributed by atoms with Crippen LogP contribution in [0.4, 0.5) is 10.5 Å². The number of carbonyl (C=O) groups excluding carboxylic acids is 3. The number of hydrogen-bond acceptors (Lipinski definition) is 6. The third-order valence-corrected chi connectivity index (χ3v) is 6.86. The molecule has 4 saturated carbocycles. The molecule has 1 heterocycles. The molecule has 8 nitrogen and oxygen atoms in total. The van der Waals surface area contributed by atoms with Gasteiger partial charge in [0, 0.05) is 11.8 Å². The van der Waals surface area contributed by atoms with Crippen molar-refractivity contribution in [2.45, 2.75) is 38.5 Å². The van der Waals surface area contributed by atoms with Gasteiger partial charge in [0.15, 0.2) is 18.1 Å². The fraction of sp³-hybridized carbons (Fsp3) is 0.591. The monoisotopic (exact) mass is 414 g/mol. The normalized spacial score (nSPS) is 30.5. The molecule has 3 amide bonds. The summed E-state index contributed by atoms with van der Waals surface area (Å²) in [6.07, 6.45) is 6.32. The zero-order chi connectivity index (χ0) is 20.7. The summed E-state index contributed by atoms with van der Waals surface area (Å²) < 4.78 is 16.3. The fourth-order valence-electron chi connectivity index (χ4n) is 6.09. The smallest absolute Gasteiger partial charge is 0.325 e. The number of carbonyl (C=O) groups is 3. The van der Waals surface area contributed by atoms with Gasteiger partial charge in [-0.25, -0.2) is 4.79 Å². The number of nitrogens with one attached hydrogen (secondary N) is 2. The number of imide groups is 1. The van der Waals surface area contributed by atoms with E-state index in [0.29, 0.717) is 48.2 Å². The molecule has 0 spiro atoms. The van der Waals surface area contributed by atoms with E-state index in [-0.39, 0.29) is 5.97 Å². The number of benzene rings is 1. The van der Waals surface area contributed by atoms with Gasteiger partial charge in [-0.2, -0.15) is 0 Å². The lowest BCUT2D eigenvalue weighted by atomic mass is 9.49. The van der Waals surface area contributed by atoms with Gasteiger partial charge in [0.2, 0.25) is 0 Å². The minimum absolute atomic E-state index is 0.274. The highest BCUT2D eigenvalue weighted by Gasteiger charge is 2.55. The second kappa shape index (κ2) is 7.49. The van der Waals surface area contributed by atoms with Crippen LogP contribution in [0.1, 0.15) is 38.5 Å². The van der Waals surface area contributed by atoms with Gasteiger partial charge in [-0.05, 0) is 68.4 Å². The number of rotatable bonds is 4. The highest BCUT2D eigenvalue weighted by molar-refractivity contribution is 6.02. The van der Waals surface area contributed by atoms with Crippen LogP contribution in [0.3, 0.4) is 0 Å². The molecule has 30 heavy (non-hydrogen) atoms. The summed E-state index contributed by atoms with van der Waals surface area (Å²) in [6, 6.07) is 4.29. The second-order valence-corrected chi connectivity index (χ2v) is 9.13. The molecule has 4 aliphatic carbocycles. The summed E-state index contributed by atoms with van der Waals surface area (Å²) in [7, 11) is 0. The lowest BCUT2D eigenvalue weighted by Crippen LogP contribution is -2.51. The van der Waals surface area contributed by atoms with E-state index in [4.69, 9.17) is 14.2 Å². The van der Waals surface area contributed by atoms with Gasteiger partial charge in [-0.3, -0.25) is 14.9 Å². The van der Waals surface area contributed by atoms with Gasteiger partial charge < -0.3 is 19.5 Å². The first kappa shape index (κ1) is 19.2. The van der Waals surface area contributed by atoms with E-state index in [9.17, 15) is 14.4 Å². The van der Waals surface area contributed by atoms with Gasteiger partial charge in [0.25, 0.3) is 5.91 Å². The number of esters is 1. The van der Waals surface area contributed by atoms with Crippen LogP contribution < -0.4 is 20.1 Å². The molecule has 1 aromatic rings. The van der Waals surface area contributed by atoms with Crippen molar-refractivity contribution in [3.05, 3.63) is 18.2 Å². The first-order valence-corrected chi connectivity index (χ1v) is 10.7. The summed E-state index contributed by atoms with van der Waals surface area (Å²) in [6.45, 7) is 0.474. The van der Waals surface area contributed by atoms with Crippen LogP contribution in [-0.4, -0.2) is 37.7 Å². The van der Waals surface area contributed by atoms with Gasteiger partial charge in [0.1, 0.15) is 13.2 Å². The van der Waals surface area contributed by atoms with E-state index in [0.717, 1.165) is 19.3 Å². The maximum Gasteiger partial charge on any atom is 0.325 e. The van der Waals surface area contributed by atoms with E-state index in [1.807, 2.05) is 0 Å². The molecule has 5 aliphatic rings. The van der Waals surface area contributed by atoms with Crippen LogP contribution in [0.25, 0.3) is 0 Å². The topological polar surface area (TPSA) is 103 Å². The van der Waals surface area contributed by atoms with E-state index < -0.39 is 24.0 Å². The number of urea groups is 1. The molecule has 0 aromatic heterocycles. The molecule has 1 aromatic carbocycles. The number of amides is 3. The van der Waals surface area contributed by atoms with Gasteiger partial charge >= 0.3 is 12.0 Å². The van der Waals surface area contributed by atoms with E-state index in [2.05, 4.69) is 10.6 Å². The van der Waals surface area contributed by atoms with Crippen molar-refractivity contribution in [1.29, 1.82) is 0 Å². The van der Waals surface area contributed by atoms with Crippen molar-refractivity contribution in [1.82, 2.24) is 5.32 Å². The molecule has 0 radical (unpaired) electrons. The number of fused-ring (bicyclic) bond motifs is 1. The predicted molar refractivity (Wildman–Crippen MR) is 106 cm³/mol. The Morgan fingerprint density at radius 1 is 0.967 bits per heavy atom. The minimum atomic E-state index is -0.692. The fourth-order valence-corrected chi connectivity index (χ4v) is 6.09. The van der Waals surface area contributed by atoms with Crippen molar-refractivity contribution in [2.75, 3.05) is 25.1 Å². The van der Waals surface area contributed by atoms with Crippen molar-refractivity contribution in [2.24, 2.45) is 23.2 Å². The maximum absolute atomic E-state index is 12.8. The summed E-state index contributed by atoms with van der Waals surface area (Å²) >= 11 is 0. The van der Waals surface area contributed by atoms with Gasteiger partial charge in [0.05, 0.1) is 5.41 Å². The van der Waals surface area contributed by atoms with E-state index >= 15 is 0 Å². The largest absolute Gasteiger partial charge is 0.486 e. The number of ether oxygens (including phenoxy) is 3. The van der Waals surface area contributed by atoms with Crippen LogP contribution in [-0.2, 0) is 14.3 Å². The van der Waals surface area contributed by atoms with Crippen LogP contribution in [0, 0.1) is 23.2 Å². The lowest BCUT2D eigenvalue weighted by Gasteiger charge is -2.55. The van der Waals surface area contributed by atoms with Crippen LogP contribution in [0.5, 0.6) is 11.5 Å². The molecular formula is C22H26N2O6. The zero-order valence-corrected chi connectivity index (χ0v) is 16.8. The van der Waals surface area contributed by atoms with Crippen LogP contribution >= 0.6 is 0 Å². The quantitative estimate of drug-likeness (QED) is 0.735. The second-order valence-electron chi connectivity index (χ2n) is 9.13. The van der Waals surface area contributed by atoms with Gasteiger partial charge in [-0.15, -0.1) is 0 Å². The first-order valence-electron chi connectivity index (χ1n) is 10.7. The van der Waals surface area contributed by atoms with Crippen molar-refractivity contribution in [3.8, 4) is 11.5 Å². The molecular weight excluding hydrogens is 388 g/mol. The molecule has 8 heteroatoms. The molecule has 0 saturated heterocycles. The maximum atomic E-state index is 12.8. The Labute approximate surface area is 174 Å². The molecule has 4 fully saturated rings. The first-order chi connectivity index (χ1) is 14.5. The standard InChI is InChI=1S/C22H26N2O6/c25-19(24-21(27)23-16-1-2-17-18(8-16)29-4-3-28-17)12-30-20(26)22-9-13-5-14(10-22)7-15(6-13)11-22/h1-2,8,13-15H,3-7,9-12H2,(H2,23,24,25,27). The molecule has 2 N–H and O–H groups in total. The SMILES string of the molecule is O=C(COC(=O)C12CC3CC(CC(C3)C1)C2)NC(=O)Nc1ccc2c(c1)OCCO2. The third-order valence-electron chi connectivity index (χ3n) is 6.86. The van der Waals surface area contributed by atoms with E-state index in [1.54, 1.807) is 18.2 Å². The molecule has 160 valence electrons. The molecule has 1 aliphatic heterocycles. The van der Waals surface area contributed by atoms with Crippen molar-refractivity contribution >= 4 is 23.6 Å². The minimum Gasteiger partial charge on any atom is -0.486 e. The third kappa shape index (κ3) is 3.70. The Hall–Kier alpha value is -2.77. The van der Waals surface area contributed by atoms with E-state index in [1.165, 1.54) is 19.3 Å². The Morgan fingerprint density at radius 3 is 2.27 bits per heavy atom. The Kier molecular flexibility index (Phi) is 4.79. The summed E-state index contributed by atoms with van der Waals surface area (Å²) in [5.41, 5.74) is 0.0535. The van der Waals surface area contributed by atoms with Crippen LogP contribution in [0.15, 0.2) is 18.2 Å². The highest BCUT2D eigenvalue weighted by Crippen LogP contribution is 2.60.